The Morgan fingerprint density at radius 1 is 1.09 bits per heavy atom. The Balaban J connectivity index is 1.30. The van der Waals surface area contributed by atoms with Crippen molar-refractivity contribution in [1.82, 2.24) is 14.5 Å². The molecule has 1 unspecified atom stereocenters. The summed E-state index contributed by atoms with van der Waals surface area (Å²) < 4.78 is 82.0. The van der Waals surface area contributed by atoms with Crippen molar-refractivity contribution in [2.75, 3.05) is 11.4 Å². The lowest BCUT2D eigenvalue weighted by Crippen LogP contribution is -2.24. The van der Waals surface area contributed by atoms with Crippen LogP contribution in [0.5, 0.6) is 23.3 Å². The second-order valence-electron chi connectivity index (χ2n) is 7.99. The van der Waals surface area contributed by atoms with E-state index < -0.39 is 35.3 Å². The van der Waals surface area contributed by atoms with Gasteiger partial charge in [-0.05, 0) is 36.6 Å². The fourth-order valence-corrected chi connectivity index (χ4v) is 4.19. The first-order valence-corrected chi connectivity index (χ1v) is 10.6. The second-order valence-corrected chi connectivity index (χ2v) is 7.99. The number of hydrogen-bond acceptors (Lipinski definition) is 7. The van der Waals surface area contributed by atoms with Gasteiger partial charge in [-0.3, -0.25) is 4.57 Å². The Kier molecular flexibility index (Phi) is 5.69. The number of alkyl halides is 3. The molecule has 0 N–H and O–H groups in total. The first-order valence-electron chi connectivity index (χ1n) is 10.6. The number of fused-ring (bicyclic) bond motifs is 3. The van der Waals surface area contributed by atoms with E-state index in [1.54, 1.807) is 10.6 Å². The van der Waals surface area contributed by atoms with Crippen molar-refractivity contribution in [3.63, 3.8) is 0 Å². The molecule has 4 heterocycles. The average Bonchev–Trinajstić information content (AvgIpc) is 3.36. The zero-order valence-electron chi connectivity index (χ0n) is 17.9. The van der Waals surface area contributed by atoms with Gasteiger partial charge in [0.25, 0.3) is 0 Å². The predicted molar refractivity (Wildman–Crippen MR) is 111 cm³/mol. The summed E-state index contributed by atoms with van der Waals surface area (Å²) in [6.45, 7) is 1.11. The number of rotatable bonds is 6. The van der Waals surface area contributed by atoms with Gasteiger partial charge >= 0.3 is 12.1 Å². The van der Waals surface area contributed by atoms with Crippen molar-refractivity contribution >= 4 is 5.82 Å². The van der Waals surface area contributed by atoms with Gasteiger partial charge in [-0.2, -0.15) is 4.98 Å². The standard InChI is InChI=1S/C22H17F5N4O4/c23-15-6-12(7-16(24)20(15)34-14-3-4-28-17(8-14)35-22(25,26)27)11-33-18-9-19-30-5-1-2-13(30)10-31(19)21(32)29-18/h3-4,6-9,13H,1-2,5,10-11H2. The van der Waals surface area contributed by atoms with Crippen molar-refractivity contribution in [2.45, 2.75) is 38.4 Å². The van der Waals surface area contributed by atoms with E-state index in [1.807, 2.05) is 0 Å². The number of pyridine rings is 1. The molecule has 3 aromatic rings. The third kappa shape index (κ3) is 4.84. The topological polar surface area (TPSA) is 78.7 Å². The van der Waals surface area contributed by atoms with Gasteiger partial charge in [-0.1, -0.05) is 0 Å². The van der Waals surface area contributed by atoms with E-state index >= 15 is 0 Å². The highest BCUT2D eigenvalue weighted by Gasteiger charge is 2.34. The molecule has 0 aliphatic carbocycles. The van der Waals surface area contributed by atoms with Crippen LogP contribution in [0, 0.1) is 11.6 Å². The lowest BCUT2D eigenvalue weighted by atomic mass is 10.2. The zero-order valence-corrected chi connectivity index (χ0v) is 17.9. The van der Waals surface area contributed by atoms with Gasteiger partial charge in [0.2, 0.25) is 11.8 Å². The lowest BCUT2D eigenvalue weighted by molar-refractivity contribution is -0.276. The molecule has 0 spiro atoms. The van der Waals surface area contributed by atoms with E-state index in [0.717, 1.165) is 49.8 Å². The maximum Gasteiger partial charge on any atom is 0.574 e. The van der Waals surface area contributed by atoms with Crippen LogP contribution in [0.3, 0.4) is 0 Å². The number of aromatic nitrogens is 3. The Hall–Kier alpha value is -3.90. The second kappa shape index (κ2) is 8.71. The molecule has 1 atom stereocenters. The maximum absolute atomic E-state index is 14.6. The SMILES string of the molecule is O=c1nc(OCc2cc(F)c(Oc3ccnc(OC(F)(F)F)c3)c(F)c2)cc2n1CC1CCCN21. The predicted octanol–water partition coefficient (Wildman–Crippen LogP) is 4.17. The molecule has 0 bridgehead atoms. The van der Waals surface area contributed by atoms with E-state index in [0.29, 0.717) is 12.4 Å². The fourth-order valence-electron chi connectivity index (χ4n) is 4.19. The molecule has 8 nitrogen and oxygen atoms in total. The minimum atomic E-state index is -4.99. The van der Waals surface area contributed by atoms with Crippen LogP contribution >= 0.6 is 0 Å². The van der Waals surface area contributed by atoms with Crippen LogP contribution in [0.25, 0.3) is 0 Å². The summed E-state index contributed by atoms with van der Waals surface area (Å²) in [6.07, 6.45) is -2.04. The summed E-state index contributed by atoms with van der Waals surface area (Å²) in [7, 11) is 0. The van der Waals surface area contributed by atoms with Gasteiger partial charge < -0.3 is 19.1 Å². The molecule has 1 aromatic carbocycles. The van der Waals surface area contributed by atoms with Crippen molar-refractivity contribution in [1.29, 1.82) is 0 Å². The van der Waals surface area contributed by atoms with E-state index in [2.05, 4.69) is 19.6 Å². The molecule has 0 radical (unpaired) electrons. The normalized spacial score (nSPS) is 16.7. The summed E-state index contributed by atoms with van der Waals surface area (Å²) in [5, 5.41) is 0. The van der Waals surface area contributed by atoms with Gasteiger partial charge in [0.1, 0.15) is 18.2 Å². The first kappa shape index (κ1) is 22.9. The summed E-state index contributed by atoms with van der Waals surface area (Å²) in [5.41, 5.74) is -0.371. The van der Waals surface area contributed by atoms with Crippen molar-refractivity contribution in [2.24, 2.45) is 0 Å². The quantitative estimate of drug-likeness (QED) is 0.474. The molecule has 2 aliphatic rings. The van der Waals surface area contributed by atoms with Crippen molar-refractivity contribution < 1.29 is 36.2 Å². The number of anilines is 1. The largest absolute Gasteiger partial charge is 0.574 e. The summed E-state index contributed by atoms with van der Waals surface area (Å²) in [4.78, 5) is 21.7. The van der Waals surface area contributed by atoms with Gasteiger partial charge in [0.15, 0.2) is 17.4 Å². The van der Waals surface area contributed by atoms with E-state index in [1.165, 1.54) is 0 Å². The van der Waals surface area contributed by atoms with Crippen molar-refractivity contribution in [3.8, 4) is 23.3 Å². The zero-order chi connectivity index (χ0) is 24.7. The number of hydrogen-bond donors (Lipinski definition) is 0. The minimum Gasteiger partial charge on any atom is -0.473 e. The summed E-state index contributed by atoms with van der Waals surface area (Å²) in [6, 6.07) is 5.63. The molecular weight excluding hydrogens is 479 g/mol. The van der Waals surface area contributed by atoms with Crippen LogP contribution in [0.2, 0.25) is 0 Å². The molecule has 184 valence electrons. The van der Waals surface area contributed by atoms with Gasteiger partial charge in [0.05, 0.1) is 0 Å². The van der Waals surface area contributed by atoms with Crippen LogP contribution in [0.1, 0.15) is 18.4 Å². The Bertz CT molecular complexity index is 1310. The van der Waals surface area contributed by atoms with E-state index in [-0.39, 0.29) is 29.8 Å². The van der Waals surface area contributed by atoms with E-state index in [4.69, 9.17) is 9.47 Å². The number of halogens is 5. The van der Waals surface area contributed by atoms with Crippen LogP contribution < -0.4 is 24.8 Å². The number of ether oxygens (including phenoxy) is 3. The molecule has 13 heteroatoms. The van der Waals surface area contributed by atoms with Gasteiger partial charge in [0, 0.05) is 37.5 Å². The molecule has 2 aromatic heterocycles. The molecule has 1 fully saturated rings. The fraction of sp³-hybridized carbons (Fsp3) is 0.318. The molecule has 35 heavy (non-hydrogen) atoms. The molecule has 5 rings (SSSR count). The minimum absolute atomic E-state index is 0.0314. The maximum atomic E-state index is 14.6. The first-order chi connectivity index (χ1) is 16.7. The highest BCUT2D eigenvalue weighted by Crippen LogP contribution is 2.34. The monoisotopic (exact) mass is 496 g/mol. The molecule has 0 saturated carbocycles. The summed E-state index contributed by atoms with van der Waals surface area (Å²) in [5.74, 6) is -3.48. The van der Waals surface area contributed by atoms with Crippen LogP contribution in [0.4, 0.5) is 27.8 Å². The van der Waals surface area contributed by atoms with Gasteiger partial charge in [-0.25, -0.2) is 18.6 Å². The molecule has 1 saturated heterocycles. The average molecular weight is 496 g/mol. The number of nitrogens with zero attached hydrogens (tertiary/aromatic N) is 4. The summed E-state index contributed by atoms with van der Waals surface area (Å²) >= 11 is 0. The van der Waals surface area contributed by atoms with Crippen molar-refractivity contribution in [3.05, 3.63) is 64.2 Å². The smallest absolute Gasteiger partial charge is 0.473 e. The van der Waals surface area contributed by atoms with Crippen LogP contribution in [0.15, 0.2) is 41.3 Å². The molecule has 0 amide bonds. The highest BCUT2D eigenvalue weighted by atomic mass is 19.4. The van der Waals surface area contributed by atoms with Crippen LogP contribution in [-0.4, -0.2) is 33.5 Å². The Morgan fingerprint density at radius 2 is 1.86 bits per heavy atom. The Labute approximate surface area is 194 Å². The molecule has 2 aliphatic heterocycles. The Morgan fingerprint density at radius 3 is 2.60 bits per heavy atom. The van der Waals surface area contributed by atoms with Crippen LogP contribution in [-0.2, 0) is 13.2 Å². The lowest BCUT2D eigenvalue weighted by Gasteiger charge is -2.17. The number of benzene rings is 1. The third-order valence-electron chi connectivity index (χ3n) is 5.62. The molecular formula is C22H17F5N4O4. The third-order valence-corrected chi connectivity index (χ3v) is 5.62. The van der Waals surface area contributed by atoms with E-state index in [9.17, 15) is 26.7 Å². The van der Waals surface area contributed by atoms with Gasteiger partial charge in [-0.15, -0.1) is 13.2 Å². The highest BCUT2D eigenvalue weighted by molar-refractivity contribution is 5.48.